The van der Waals surface area contributed by atoms with Gasteiger partial charge >= 0.3 is 0 Å². The zero-order valence-electron chi connectivity index (χ0n) is 9.34. The number of aliphatic hydroxyl groups excluding tert-OH is 1. The lowest BCUT2D eigenvalue weighted by Gasteiger charge is -2.29. The van der Waals surface area contributed by atoms with Crippen LogP contribution in [0.3, 0.4) is 0 Å². The summed E-state index contributed by atoms with van der Waals surface area (Å²) in [5.41, 5.74) is -0.843. The highest BCUT2D eigenvalue weighted by molar-refractivity contribution is 5.25. The molecule has 1 nitrogen and oxygen atoms in total. The summed E-state index contributed by atoms with van der Waals surface area (Å²) in [4.78, 5) is 0. The molecule has 0 heterocycles. The molecule has 17 heavy (non-hydrogen) atoms. The van der Waals surface area contributed by atoms with Crippen LogP contribution in [-0.4, -0.2) is 24.3 Å². The molecule has 5 heteroatoms. The molecule has 1 rings (SSSR count). The minimum absolute atomic E-state index is 0.390. The molecule has 0 saturated carbocycles. The van der Waals surface area contributed by atoms with Gasteiger partial charge in [-0.05, 0) is 24.1 Å². The highest BCUT2D eigenvalue weighted by Crippen LogP contribution is 2.31. The topological polar surface area (TPSA) is 20.2 Å². The second kappa shape index (κ2) is 5.49. The molecule has 0 spiro atoms. The monoisotopic (exact) mass is 250 g/mol. The summed E-state index contributed by atoms with van der Waals surface area (Å²) >= 11 is 0. The fourth-order valence-corrected chi connectivity index (χ4v) is 1.65. The molecule has 1 aromatic rings. The summed E-state index contributed by atoms with van der Waals surface area (Å²) in [6, 6.07) is 4.95. The second-order valence-electron chi connectivity index (χ2n) is 4.31. The van der Waals surface area contributed by atoms with Gasteiger partial charge in [0.25, 0.3) is 6.43 Å². The molecular weight excluding hydrogens is 236 g/mol. The highest BCUT2D eigenvalue weighted by atomic mass is 19.3. The van der Waals surface area contributed by atoms with Crippen molar-refractivity contribution < 1.29 is 22.7 Å². The quantitative estimate of drug-likeness (QED) is 0.796. The Morgan fingerprint density at radius 3 is 2.18 bits per heavy atom. The standard InChI is InChI=1S/C12H14F4O/c1-12(7-13,6-10(17)11(15)16)8-2-4-9(14)5-3-8/h2-5,10-11,17H,6-7H2,1H3. The Balaban J connectivity index is 2.91. The summed E-state index contributed by atoms with van der Waals surface area (Å²) in [6.45, 7) is 0.522. The smallest absolute Gasteiger partial charge is 0.264 e. The number of rotatable bonds is 5. The molecule has 1 aromatic carbocycles. The molecular formula is C12H14F4O. The van der Waals surface area contributed by atoms with Crippen LogP contribution in [0.15, 0.2) is 24.3 Å². The first-order valence-corrected chi connectivity index (χ1v) is 5.17. The van der Waals surface area contributed by atoms with Crippen molar-refractivity contribution in [3.63, 3.8) is 0 Å². The van der Waals surface area contributed by atoms with E-state index in [1.54, 1.807) is 0 Å². The third kappa shape index (κ3) is 3.43. The zero-order chi connectivity index (χ0) is 13.1. The molecule has 2 unspecified atom stereocenters. The van der Waals surface area contributed by atoms with Crippen LogP contribution < -0.4 is 0 Å². The summed E-state index contributed by atoms with van der Waals surface area (Å²) in [7, 11) is 0. The fraction of sp³-hybridized carbons (Fsp3) is 0.500. The summed E-state index contributed by atoms with van der Waals surface area (Å²) in [6.07, 6.45) is -5.21. The third-order valence-corrected chi connectivity index (χ3v) is 2.79. The van der Waals surface area contributed by atoms with Gasteiger partial charge in [-0.1, -0.05) is 19.1 Å². The van der Waals surface area contributed by atoms with E-state index >= 15 is 0 Å². The summed E-state index contributed by atoms with van der Waals surface area (Å²) in [5, 5.41) is 9.12. The van der Waals surface area contributed by atoms with Crippen LogP contribution in [0, 0.1) is 5.82 Å². The highest BCUT2D eigenvalue weighted by Gasteiger charge is 2.33. The number of hydrogen-bond donors (Lipinski definition) is 1. The molecule has 0 aliphatic rings. The van der Waals surface area contributed by atoms with Gasteiger partial charge in [0.1, 0.15) is 11.9 Å². The van der Waals surface area contributed by atoms with Gasteiger partial charge in [-0.2, -0.15) is 0 Å². The minimum atomic E-state index is -2.92. The van der Waals surface area contributed by atoms with Gasteiger partial charge in [0.05, 0.1) is 6.67 Å². The maximum atomic E-state index is 13.0. The lowest BCUT2D eigenvalue weighted by atomic mass is 9.79. The molecule has 0 amide bonds. The van der Waals surface area contributed by atoms with Gasteiger partial charge in [0, 0.05) is 5.41 Å². The lowest BCUT2D eigenvalue weighted by molar-refractivity contribution is -0.0224. The van der Waals surface area contributed by atoms with Crippen LogP contribution in [0.1, 0.15) is 18.9 Å². The molecule has 0 bridgehead atoms. The van der Waals surface area contributed by atoms with Gasteiger partial charge in [-0.3, -0.25) is 4.39 Å². The normalized spacial score (nSPS) is 16.9. The van der Waals surface area contributed by atoms with E-state index < -0.39 is 36.9 Å². The number of hydrogen-bond acceptors (Lipinski definition) is 1. The van der Waals surface area contributed by atoms with E-state index in [4.69, 9.17) is 5.11 Å². The van der Waals surface area contributed by atoms with Crippen LogP contribution in [0.2, 0.25) is 0 Å². The largest absolute Gasteiger partial charge is 0.387 e. The maximum Gasteiger partial charge on any atom is 0.264 e. The van der Waals surface area contributed by atoms with Crippen molar-refractivity contribution >= 4 is 0 Å². The van der Waals surface area contributed by atoms with Gasteiger partial charge in [-0.15, -0.1) is 0 Å². The average Bonchev–Trinajstić information content (AvgIpc) is 2.29. The van der Waals surface area contributed by atoms with Crippen molar-refractivity contribution in [2.75, 3.05) is 6.67 Å². The predicted molar refractivity (Wildman–Crippen MR) is 56.4 cm³/mol. The van der Waals surface area contributed by atoms with E-state index in [0.29, 0.717) is 5.56 Å². The Morgan fingerprint density at radius 1 is 1.24 bits per heavy atom. The Bertz CT molecular complexity index is 352. The number of benzene rings is 1. The van der Waals surface area contributed by atoms with Crippen LogP contribution in [0.25, 0.3) is 0 Å². The van der Waals surface area contributed by atoms with Crippen LogP contribution in [-0.2, 0) is 5.41 Å². The Kier molecular flexibility index (Phi) is 4.51. The number of aliphatic hydroxyl groups is 1. The van der Waals surface area contributed by atoms with Crippen molar-refractivity contribution in [2.45, 2.75) is 31.3 Å². The first-order chi connectivity index (χ1) is 7.89. The van der Waals surface area contributed by atoms with Gasteiger partial charge in [0.15, 0.2) is 0 Å². The first-order valence-electron chi connectivity index (χ1n) is 5.17. The Hall–Kier alpha value is -1.10. The average molecular weight is 250 g/mol. The van der Waals surface area contributed by atoms with E-state index in [0.717, 1.165) is 12.1 Å². The van der Waals surface area contributed by atoms with E-state index in [-0.39, 0.29) is 0 Å². The lowest BCUT2D eigenvalue weighted by Crippen LogP contribution is -2.33. The SMILES string of the molecule is CC(CF)(CC(O)C(F)F)c1ccc(F)cc1. The van der Waals surface area contributed by atoms with Crippen molar-refractivity contribution in [1.82, 2.24) is 0 Å². The number of halogens is 4. The Labute approximate surface area is 97.1 Å². The molecule has 0 aromatic heterocycles. The molecule has 0 aliphatic heterocycles. The van der Waals surface area contributed by atoms with E-state index in [9.17, 15) is 17.6 Å². The summed E-state index contributed by atoms with van der Waals surface area (Å²) < 4.78 is 50.2. The Morgan fingerprint density at radius 2 is 1.76 bits per heavy atom. The van der Waals surface area contributed by atoms with E-state index in [2.05, 4.69) is 0 Å². The van der Waals surface area contributed by atoms with Crippen molar-refractivity contribution in [1.29, 1.82) is 0 Å². The first kappa shape index (κ1) is 14.0. The molecule has 2 atom stereocenters. The van der Waals surface area contributed by atoms with Crippen LogP contribution in [0.4, 0.5) is 17.6 Å². The van der Waals surface area contributed by atoms with Crippen molar-refractivity contribution in [2.24, 2.45) is 0 Å². The molecule has 0 fully saturated rings. The summed E-state index contributed by atoms with van der Waals surface area (Å²) in [5.74, 6) is -0.482. The van der Waals surface area contributed by atoms with Crippen molar-refractivity contribution in [3.8, 4) is 0 Å². The zero-order valence-corrected chi connectivity index (χ0v) is 9.34. The molecule has 1 N–H and O–H groups in total. The number of alkyl halides is 3. The van der Waals surface area contributed by atoms with E-state index in [1.807, 2.05) is 0 Å². The van der Waals surface area contributed by atoms with Crippen LogP contribution in [0.5, 0.6) is 0 Å². The minimum Gasteiger partial charge on any atom is -0.387 e. The molecule has 96 valence electrons. The third-order valence-electron chi connectivity index (χ3n) is 2.79. The van der Waals surface area contributed by atoms with Gasteiger partial charge in [-0.25, -0.2) is 13.2 Å². The fourth-order valence-electron chi connectivity index (χ4n) is 1.65. The van der Waals surface area contributed by atoms with Gasteiger partial charge < -0.3 is 5.11 Å². The molecule has 0 saturated heterocycles. The molecule has 0 aliphatic carbocycles. The van der Waals surface area contributed by atoms with Crippen molar-refractivity contribution in [3.05, 3.63) is 35.6 Å². The maximum absolute atomic E-state index is 13.0. The predicted octanol–water partition coefficient (Wildman–Crippen LogP) is 3.07. The van der Waals surface area contributed by atoms with E-state index in [1.165, 1.54) is 19.1 Å². The molecule has 0 radical (unpaired) electrons. The van der Waals surface area contributed by atoms with Gasteiger partial charge in [0.2, 0.25) is 0 Å². The van der Waals surface area contributed by atoms with Crippen LogP contribution >= 0.6 is 0 Å². The second-order valence-corrected chi connectivity index (χ2v) is 4.31.